The van der Waals surface area contributed by atoms with E-state index in [1.165, 1.54) is 22.7 Å². The molecular weight excluding hydrogens is 256 g/mol. The van der Waals surface area contributed by atoms with Crippen LogP contribution in [0.25, 0.3) is 0 Å². The number of hydrogen-bond acceptors (Lipinski definition) is 4. The number of morpholine rings is 1. The molecule has 0 atom stereocenters. The van der Waals surface area contributed by atoms with Gasteiger partial charge in [0.15, 0.2) is 0 Å². The van der Waals surface area contributed by atoms with Gasteiger partial charge in [-0.1, -0.05) is 19.3 Å². The van der Waals surface area contributed by atoms with Crippen LogP contribution in [0.15, 0.2) is 0 Å². The van der Waals surface area contributed by atoms with Crippen molar-refractivity contribution in [2.75, 3.05) is 27.2 Å². The van der Waals surface area contributed by atoms with E-state index in [2.05, 4.69) is 0 Å². The van der Waals surface area contributed by atoms with Crippen molar-refractivity contribution in [3.63, 3.8) is 0 Å². The second-order valence-electron chi connectivity index (χ2n) is 5.09. The highest BCUT2D eigenvalue weighted by Gasteiger charge is 2.53. The second kappa shape index (κ2) is 4.79. The Hall–Kier alpha value is -0.660. The molecule has 0 N–H and O–H groups in total. The molecule has 6 nitrogen and oxygen atoms in total. The summed E-state index contributed by atoms with van der Waals surface area (Å²) in [6, 6.07) is 0. The van der Waals surface area contributed by atoms with Crippen LogP contribution in [0.4, 0.5) is 0 Å². The summed E-state index contributed by atoms with van der Waals surface area (Å²) in [4.78, 5) is 12.1. The molecule has 7 heteroatoms. The van der Waals surface area contributed by atoms with Gasteiger partial charge in [0.1, 0.15) is 12.1 Å². The molecule has 1 saturated carbocycles. The van der Waals surface area contributed by atoms with Crippen LogP contribution in [0.2, 0.25) is 0 Å². The zero-order valence-electron chi connectivity index (χ0n) is 10.9. The van der Waals surface area contributed by atoms with Gasteiger partial charge in [0.25, 0.3) is 10.2 Å². The lowest BCUT2D eigenvalue weighted by molar-refractivity contribution is -0.165. The van der Waals surface area contributed by atoms with E-state index in [0.717, 1.165) is 19.3 Å². The summed E-state index contributed by atoms with van der Waals surface area (Å²) in [6.45, 7) is 0.403. The number of carbonyl (C=O) groups excluding carboxylic acids is 1. The lowest BCUT2D eigenvalue weighted by Crippen LogP contribution is -2.64. The van der Waals surface area contributed by atoms with Gasteiger partial charge in [0.2, 0.25) is 0 Å². The molecule has 0 aromatic heterocycles. The molecule has 1 aliphatic heterocycles. The van der Waals surface area contributed by atoms with Crippen molar-refractivity contribution in [3.05, 3.63) is 0 Å². The summed E-state index contributed by atoms with van der Waals surface area (Å²) in [7, 11) is -0.591. The quantitative estimate of drug-likeness (QED) is 0.683. The predicted molar refractivity (Wildman–Crippen MR) is 66.1 cm³/mol. The molecule has 18 heavy (non-hydrogen) atoms. The third-order valence-electron chi connectivity index (χ3n) is 3.81. The van der Waals surface area contributed by atoms with E-state index in [9.17, 15) is 13.2 Å². The number of rotatable bonds is 2. The van der Waals surface area contributed by atoms with Crippen LogP contribution >= 0.6 is 0 Å². The molecule has 0 unspecified atom stereocenters. The molecular formula is C11H20N2O4S. The van der Waals surface area contributed by atoms with Crippen LogP contribution in [-0.4, -0.2) is 55.8 Å². The first-order valence-corrected chi connectivity index (χ1v) is 7.68. The Balaban J connectivity index is 2.40. The summed E-state index contributed by atoms with van der Waals surface area (Å²) in [5.74, 6) is -0.376. The Morgan fingerprint density at radius 3 is 2.39 bits per heavy atom. The van der Waals surface area contributed by atoms with Crippen LogP contribution in [0.3, 0.4) is 0 Å². The first-order chi connectivity index (χ1) is 8.41. The molecule has 2 fully saturated rings. The zero-order chi connectivity index (χ0) is 13.4. The van der Waals surface area contributed by atoms with Gasteiger partial charge in [-0.25, -0.2) is 0 Å². The Bertz CT molecular complexity index is 426. The topological polar surface area (TPSA) is 66.9 Å². The summed E-state index contributed by atoms with van der Waals surface area (Å²) < 4.78 is 32.3. The van der Waals surface area contributed by atoms with Gasteiger partial charge in [-0.2, -0.15) is 17.0 Å². The predicted octanol–water partition coefficient (Wildman–Crippen LogP) is 0.355. The first kappa shape index (κ1) is 13.8. The van der Waals surface area contributed by atoms with Gasteiger partial charge in [-0.15, -0.1) is 0 Å². The summed E-state index contributed by atoms with van der Waals surface area (Å²) in [5, 5.41) is 0. The van der Waals surface area contributed by atoms with Crippen molar-refractivity contribution in [2.24, 2.45) is 0 Å². The summed E-state index contributed by atoms with van der Waals surface area (Å²) in [6.07, 6.45) is 3.92. The highest BCUT2D eigenvalue weighted by atomic mass is 32.2. The number of ether oxygens (including phenoxy) is 1. The van der Waals surface area contributed by atoms with Crippen LogP contribution in [-0.2, 0) is 19.7 Å². The fraction of sp³-hybridized carbons (Fsp3) is 0.909. The molecule has 0 aromatic carbocycles. The molecule has 2 rings (SSSR count). The molecule has 0 aromatic rings. The van der Waals surface area contributed by atoms with E-state index in [4.69, 9.17) is 4.74 Å². The SMILES string of the molecule is CN(C)S(=O)(=O)N1CCOC(=O)C12CCCCC2. The molecule has 1 aliphatic carbocycles. The molecule has 1 heterocycles. The first-order valence-electron chi connectivity index (χ1n) is 6.29. The van der Waals surface area contributed by atoms with Crippen molar-refractivity contribution in [3.8, 4) is 0 Å². The number of hydrogen-bond donors (Lipinski definition) is 0. The van der Waals surface area contributed by atoms with Gasteiger partial charge in [0, 0.05) is 14.1 Å². The normalized spacial score (nSPS) is 25.4. The summed E-state index contributed by atoms with van der Waals surface area (Å²) >= 11 is 0. The standard InChI is InChI=1S/C11H20N2O4S/c1-12(2)18(15,16)13-8-9-17-10(14)11(13)6-4-3-5-7-11/h3-9H2,1-2H3. The van der Waals surface area contributed by atoms with E-state index in [0.29, 0.717) is 12.8 Å². The van der Waals surface area contributed by atoms with E-state index in [-0.39, 0.29) is 19.1 Å². The van der Waals surface area contributed by atoms with E-state index in [1.54, 1.807) is 0 Å². The third kappa shape index (κ3) is 2.04. The molecule has 0 bridgehead atoms. The lowest BCUT2D eigenvalue weighted by atomic mass is 9.81. The minimum Gasteiger partial charge on any atom is -0.463 e. The van der Waals surface area contributed by atoms with Gasteiger partial charge in [-0.05, 0) is 12.8 Å². The van der Waals surface area contributed by atoms with Gasteiger partial charge < -0.3 is 4.74 Å². The van der Waals surface area contributed by atoms with Crippen molar-refractivity contribution < 1.29 is 17.9 Å². The number of carbonyl (C=O) groups is 1. The monoisotopic (exact) mass is 276 g/mol. The number of esters is 1. The van der Waals surface area contributed by atoms with Crippen molar-refractivity contribution in [1.29, 1.82) is 0 Å². The second-order valence-corrected chi connectivity index (χ2v) is 7.16. The molecule has 0 amide bonds. The van der Waals surface area contributed by atoms with Crippen LogP contribution in [0.5, 0.6) is 0 Å². The van der Waals surface area contributed by atoms with Gasteiger partial charge in [-0.3, -0.25) is 4.79 Å². The van der Waals surface area contributed by atoms with Crippen molar-refractivity contribution in [2.45, 2.75) is 37.6 Å². The minimum atomic E-state index is -3.58. The maximum absolute atomic E-state index is 12.3. The third-order valence-corrected chi connectivity index (χ3v) is 5.82. The minimum absolute atomic E-state index is 0.146. The van der Waals surface area contributed by atoms with Gasteiger partial charge in [0.05, 0.1) is 6.54 Å². The largest absolute Gasteiger partial charge is 0.463 e. The molecule has 2 aliphatic rings. The zero-order valence-corrected chi connectivity index (χ0v) is 11.7. The Morgan fingerprint density at radius 2 is 1.83 bits per heavy atom. The number of cyclic esters (lactones) is 1. The number of nitrogens with zero attached hydrogens (tertiary/aromatic N) is 2. The smallest absolute Gasteiger partial charge is 0.327 e. The highest BCUT2D eigenvalue weighted by molar-refractivity contribution is 7.86. The fourth-order valence-electron chi connectivity index (χ4n) is 2.79. The maximum atomic E-state index is 12.3. The Morgan fingerprint density at radius 1 is 1.22 bits per heavy atom. The van der Waals surface area contributed by atoms with E-state index in [1.807, 2.05) is 0 Å². The van der Waals surface area contributed by atoms with Crippen molar-refractivity contribution in [1.82, 2.24) is 8.61 Å². The van der Waals surface area contributed by atoms with Crippen molar-refractivity contribution >= 4 is 16.2 Å². The molecule has 0 radical (unpaired) electrons. The van der Waals surface area contributed by atoms with E-state index >= 15 is 0 Å². The van der Waals surface area contributed by atoms with Crippen LogP contribution in [0.1, 0.15) is 32.1 Å². The molecule has 1 spiro atoms. The average Bonchev–Trinajstić information content (AvgIpc) is 2.33. The molecule has 104 valence electrons. The summed E-state index contributed by atoms with van der Waals surface area (Å²) in [5.41, 5.74) is -0.959. The van der Waals surface area contributed by atoms with Crippen LogP contribution in [0, 0.1) is 0 Å². The van der Waals surface area contributed by atoms with E-state index < -0.39 is 15.7 Å². The highest BCUT2D eigenvalue weighted by Crippen LogP contribution is 2.38. The average molecular weight is 276 g/mol. The molecule has 1 saturated heterocycles. The fourth-order valence-corrected chi connectivity index (χ4v) is 4.19. The Kier molecular flexibility index (Phi) is 3.66. The maximum Gasteiger partial charge on any atom is 0.327 e. The van der Waals surface area contributed by atoms with Gasteiger partial charge >= 0.3 is 5.97 Å². The lowest BCUT2D eigenvalue weighted by Gasteiger charge is -2.46. The Labute approximate surface area is 108 Å². The van der Waals surface area contributed by atoms with Crippen LogP contribution < -0.4 is 0 Å².